The first kappa shape index (κ1) is 12.4. The molecule has 2 atom stereocenters. The molecule has 0 aromatic heterocycles. The largest absolute Gasteiger partial charge is 0.337 e. The van der Waals surface area contributed by atoms with E-state index in [0.717, 1.165) is 19.3 Å². The van der Waals surface area contributed by atoms with Crippen LogP contribution in [-0.4, -0.2) is 23.2 Å². The van der Waals surface area contributed by atoms with Gasteiger partial charge in [-0.05, 0) is 37.3 Å². The number of carbonyl (C=O) groups is 1. The van der Waals surface area contributed by atoms with E-state index in [1.807, 2.05) is 13.1 Å². The molecule has 17 heavy (non-hydrogen) atoms. The van der Waals surface area contributed by atoms with Crippen molar-refractivity contribution in [2.24, 2.45) is 0 Å². The first-order valence-corrected chi connectivity index (χ1v) is 6.53. The van der Waals surface area contributed by atoms with Gasteiger partial charge in [-0.3, -0.25) is 4.79 Å². The summed E-state index contributed by atoms with van der Waals surface area (Å²) in [6, 6.07) is 8.58. The third-order valence-electron chi connectivity index (χ3n) is 3.49. The van der Waals surface area contributed by atoms with Gasteiger partial charge in [-0.1, -0.05) is 24.3 Å². The molecule has 1 aromatic carbocycles. The Morgan fingerprint density at radius 1 is 1.47 bits per heavy atom. The van der Waals surface area contributed by atoms with Crippen LogP contribution in [0.2, 0.25) is 0 Å². The minimum absolute atomic E-state index is 0.00775. The Morgan fingerprint density at radius 2 is 2.18 bits per heavy atom. The molecule has 2 unspecified atom stereocenters. The molecule has 92 valence electrons. The van der Waals surface area contributed by atoms with Gasteiger partial charge in [-0.25, -0.2) is 0 Å². The van der Waals surface area contributed by atoms with Gasteiger partial charge in [0.2, 0.25) is 5.91 Å². The molecule has 0 radical (unpaired) electrons. The molecule has 0 saturated heterocycles. The van der Waals surface area contributed by atoms with Crippen molar-refractivity contribution >= 4 is 17.5 Å². The summed E-state index contributed by atoms with van der Waals surface area (Å²) in [6.07, 6.45) is 3.28. The van der Waals surface area contributed by atoms with Crippen molar-refractivity contribution in [2.75, 3.05) is 7.05 Å². The zero-order valence-corrected chi connectivity index (χ0v) is 11.1. The van der Waals surface area contributed by atoms with Crippen LogP contribution in [0.15, 0.2) is 24.3 Å². The number of nitrogens with zero attached hydrogens (tertiary/aromatic N) is 1. The van der Waals surface area contributed by atoms with Gasteiger partial charge in [0.05, 0.1) is 6.04 Å². The fourth-order valence-electron chi connectivity index (χ4n) is 2.56. The van der Waals surface area contributed by atoms with Crippen LogP contribution >= 0.6 is 11.6 Å². The number of carbonyl (C=O) groups excluding carboxylic acids is 1. The van der Waals surface area contributed by atoms with E-state index in [9.17, 15) is 4.79 Å². The van der Waals surface area contributed by atoms with E-state index in [0.29, 0.717) is 0 Å². The number of fused-ring (bicyclic) bond motifs is 1. The summed E-state index contributed by atoms with van der Waals surface area (Å²) in [5.41, 5.74) is 2.65. The average molecular weight is 252 g/mol. The van der Waals surface area contributed by atoms with Crippen LogP contribution in [0.1, 0.15) is 36.9 Å². The Bertz CT molecular complexity index is 416. The molecular weight excluding hydrogens is 234 g/mol. The first-order chi connectivity index (χ1) is 8.11. The van der Waals surface area contributed by atoms with E-state index in [1.54, 1.807) is 11.8 Å². The summed E-state index contributed by atoms with van der Waals surface area (Å²) in [5.74, 6) is 0.00775. The van der Waals surface area contributed by atoms with Gasteiger partial charge in [0.15, 0.2) is 0 Å². The third-order valence-corrected chi connectivity index (χ3v) is 3.68. The quantitative estimate of drug-likeness (QED) is 0.740. The number of benzene rings is 1. The number of aryl methyl sites for hydroxylation is 1. The molecule has 0 bridgehead atoms. The highest BCUT2D eigenvalue weighted by Crippen LogP contribution is 2.33. The second-order valence-electron chi connectivity index (χ2n) is 4.67. The lowest BCUT2D eigenvalue weighted by atomic mass is 9.87. The van der Waals surface area contributed by atoms with Gasteiger partial charge in [-0.15, -0.1) is 11.6 Å². The summed E-state index contributed by atoms with van der Waals surface area (Å²) in [5, 5.41) is -0.450. The topological polar surface area (TPSA) is 20.3 Å². The molecule has 1 aromatic rings. The molecule has 0 spiro atoms. The van der Waals surface area contributed by atoms with Crippen LogP contribution in [0.4, 0.5) is 0 Å². The molecule has 2 nitrogen and oxygen atoms in total. The van der Waals surface area contributed by atoms with E-state index in [-0.39, 0.29) is 11.9 Å². The van der Waals surface area contributed by atoms with Gasteiger partial charge < -0.3 is 4.90 Å². The fourth-order valence-corrected chi connectivity index (χ4v) is 2.72. The van der Waals surface area contributed by atoms with Crippen molar-refractivity contribution in [3.63, 3.8) is 0 Å². The minimum Gasteiger partial charge on any atom is -0.337 e. The summed E-state index contributed by atoms with van der Waals surface area (Å²) < 4.78 is 0. The Morgan fingerprint density at radius 3 is 2.88 bits per heavy atom. The third kappa shape index (κ3) is 2.47. The van der Waals surface area contributed by atoms with Crippen LogP contribution < -0.4 is 0 Å². The number of alkyl halides is 1. The highest BCUT2D eigenvalue weighted by atomic mass is 35.5. The summed E-state index contributed by atoms with van der Waals surface area (Å²) >= 11 is 5.88. The smallest absolute Gasteiger partial charge is 0.240 e. The number of halogens is 1. The molecule has 0 aliphatic heterocycles. The van der Waals surface area contributed by atoms with E-state index in [2.05, 4.69) is 18.2 Å². The van der Waals surface area contributed by atoms with Gasteiger partial charge in [0, 0.05) is 7.05 Å². The Kier molecular flexibility index (Phi) is 3.72. The van der Waals surface area contributed by atoms with E-state index in [4.69, 9.17) is 11.6 Å². The predicted octanol–water partition coefficient (Wildman–Crippen LogP) is 3.15. The molecule has 0 N–H and O–H groups in total. The minimum atomic E-state index is -0.450. The molecule has 0 heterocycles. The van der Waals surface area contributed by atoms with Crippen LogP contribution in [-0.2, 0) is 11.2 Å². The van der Waals surface area contributed by atoms with Crippen molar-refractivity contribution in [1.29, 1.82) is 0 Å². The predicted molar refractivity (Wildman–Crippen MR) is 70.2 cm³/mol. The maximum Gasteiger partial charge on any atom is 0.240 e. The number of hydrogen-bond acceptors (Lipinski definition) is 1. The normalized spacial score (nSPS) is 20.5. The number of hydrogen-bond donors (Lipinski definition) is 0. The van der Waals surface area contributed by atoms with Crippen LogP contribution in [0.3, 0.4) is 0 Å². The van der Waals surface area contributed by atoms with Crippen LogP contribution in [0, 0.1) is 0 Å². The average Bonchev–Trinajstić information content (AvgIpc) is 2.36. The SMILES string of the molecule is CC(Cl)C(=O)N(C)C1CCCc2ccccc21. The van der Waals surface area contributed by atoms with Crippen molar-refractivity contribution in [3.05, 3.63) is 35.4 Å². The van der Waals surface area contributed by atoms with Gasteiger partial charge in [0.25, 0.3) is 0 Å². The van der Waals surface area contributed by atoms with E-state index < -0.39 is 5.38 Å². The zero-order chi connectivity index (χ0) is 12.4. The molecular formula is C14H18ClNO. The van der Waals surface area contributed by atoms with E-state index >= 15 is 0 Å². The Hall–Kier alpha value is -1.02. The van der Waals surface area contributed by atoms with Gasteiger partial charge in [-0.2, -0.15) is 0 Å². The van der Waals surface area contributed by atoms with Gasteiger partial charge >= 0.3 is 0 Å². The highest BCUT2D eigenvalue weighted by molar-refractivity contribution is 6.30. The standard InChI is InChI=1S/C14H18ClNO/c1-10(15)14(17)16(2)13-9-5-7-11-6-3-4-8-12(11)13/h3-4,6,8,10,13H,5,7,9H2,1-2H3. The molecule has 1 aliphatic carbocycles. The number of rotatable bonds is 2. The molecule has 3 heteroatoms. The van der Waals surface area contributed by atoms with Crippen molar-refractivity contribution in [3.8, 4) is 0 Å². The second-order valence-corrected chi connectivity index (χ2v) is 5.33. The maximum absolute atomic E-state index is 11.9. The Labute approximate surface area is 108 Å². The van der Waals surface area contributed by atoms with Crippen molar-refractivity contribution in [1.82, 2.24) is 4.90 Å². The molecule has 1 amide bonds. The molecule has 0 fully saturated rings. The summed E-state index contributed by atoms with van der Waals surface area (Å²) in [7, 11) is 1.86. The van der Waals surface area contributed by atoms with Gasteiger partial charge in [0.1, 0.15) is 5.38 Å². The van der Waals surface area contributed by atoms with E-state index in [1.165, 1.54) is 11.1 Å². The van der Waals surface area contributed by atoms with Crippen molar-refractivity contribution in [2.45, 2.75) is 37.6 Å². The van der Waals surface area contributed by atoms with Crippen molar-refractivity contribution < 1.29 is 4.79 Å². The second kappa shape index (κ2) is 5.09. The Balaban J connectivity index is 2.26. The lowest BCUT2D eigenvalue weighted by molar-refractivity contribution is -0.131. The first-order valence-electron chi connectivity index (χ1n) is 6.10. The summed E-state index contributed by atoms with van der Waals surface area (Å²) in [6.45, 7) is 1.73. The van der Waals surface area contributed by atoms with Crippen LogP contribution in [0.25, 0.3) is 0 Å². The molecule has 1 aliphatic rings. The maximum atomic E-state index is 11.9. The zero-order valence-electron chi connectivity index (χ0n) is 10.3. The number of amides is 1. The highest BCUT2D eigenvalue weighted by Gasteiger charge is 2.27. The monoisotopic (exact) mass is 251 g/mol. The molecule has 2 rings (SSSR count). The van der Waals surface area contributed by atoms with Crippen LogP contribution in [0.5, 0.6) is 0 Å². The lowest BCUT2D eigenvalue weighted by Gasteiger charge is -2.33. The fraction of sp³-hybridized carbons (Fsp3) is 0.500. The lowest BCUT2D eigenvalue weighted by Crippen LogP contribution is -2.37. The molecule has 0 saturated carbocycles. The summed E-state index contributed by atoms with van der Waals surface area (Å²) in [4.78, 5) is 13.7.